The van der Waals surface area contributed by atoms with Crippen molar-refractivity contribution >= 4 is 23.3 Å². The monoisotopic (exact) mass is 357 g/mol. The highest BCUT2D eigenvalue weighted by atomic mass is 16.6. The highest BCUT2D eigenvalue weighted by Gasteiger charge is 2.14. The number of rotatable bonds is 7. The van der Waals surface area contributed by atoms with Gasteiger partial charge in [-0.25, -0.2) is 4.79 Å². The lowest BCUT2D eigenvalue weighted by Gasteiger charge is -2.14. The van der Waals surface area contributed by atoms with E-state index in [1.54, 1.807) is 37.3 Å². The molecule has 0 bridgehead atoms. The quantitative estimate of drug-likeness (QED) is 0.447. The van der Waals surface area contributed by atoms with Gasteiger partial charge in [0.25, 0.3) is 5.69 Å². The van der Waals surface area contributed by atoms with Gasteiger partial charge >= 0.3 is 5.97 Å². The van der Waals surface area contributed by atoms with Crippen LogP contribution in [0.15, 0.2) is 48.5 Å². The number of esters is 1. The summed E-state index contributed by atoms with van der Waals surface area (Å²) in [6.45, 7) is 2.11. The van der Waals surface area contributed by atoms with Gasteiger partial charge in [-0.2, -0.15) is 0 Å². The van der Waals surface area contributed by atoms with Crippen molar-refractivity contribution in [1.82, 2.24) is 5.32 Å². The minimum atomic E-state index is -0.519. The third-order valence-electron chi connectivity index (χ3n) is 3.71. The summed E-state index contributed by atoms with van der Waals surface area (Å²) in [6.07, 6.45) is 0. The van der Waals surface area contributed by atoms with Crippen LogP contribution in [0, 0.1) is 10.1 Å². The van der Waals surface area contributed by atoms with Gasteiger partial charge in [0.15, 0.2) is 0 Å². The normalized spacial score (nSPS) is 11.5. The summed E-state index contributed by atoms with van der Waals surface area (Å²) < 4.78 is 4.64. The van der Waals surface area contributed by atoms with Crippen molar-refractivity contribution < 1.29 is 19.2 Å². The van der Waals surface area contributed by atoms with Crippen LogP contribution in [0.1, 0.15) is 22.8 Å². The molecule has 0 aliphatic heterocycles. The number of nitrogens with one attached hydrogen (secondary N) is 2. The van der Waals surface area contributed by atoms with E-state index in [4.69, 9.17) is 0 Å². The van der Waals surface area contributed by atoms with Gasteiger partial charge in [0.05, 0.1) is 23.6 Å². The van der Waals surface area contributed by atoms with Crippen molar-refractivity contribution in [2.24, 2.45) is 0 Å². The zero-order valence-electron chi connectivity index (χ0n) is 14.4. The topological polar surface area (TPSA) is 111 Å². The molecule has 1 amide bonds. The van der Waals surface area contributed by atoms with Crippen molar-refractivity contribution in [2.45, 2.75) is 19.5 Å². The third-order valence-corrected chi connectivity index (χ3v) is 3.71. The van der Waals surface area contributed by atoms with Gasteiger partial charge in [-0.3, -0.25) is 14.9 Å². The second kappa shape index (κ2) is 8.72. The summed E-state index contributed by atoms with van der Waals surface area (Å²) in [4.78, 5) is 33.8. The molecule has 0 saturated heterocycles. The molecule has 136 valence electrons. The fraction of sp³-hybridized carbons (Fsp3) is 0.222. The van der Waals surface area contributed by atoms with Gasteiger partial charge in [-0.1, -0.05) is 18.2 Å². The number of nitrogens with zero attached hydrogens (tertiary/aromatic N) is 1. The molecule has 2 rings (SSSR count). The fourth-order valence-electron chi connectivity index (χ4n) is 2.19. The number of amides is 1. The van der Waals surface area contributed by atoms with E-state index in [-0.39, 0.29) is 11.6 Å². The maximum Gasteiger partial charge on any atom is 0.337 e. The average molecular weight is 357 g/mol. The van der Waals surface area contributed by atoms with Crippen molar-refractivity contribution in [3.05, 3.63) is 69.8 Å². The number of ether oxygens (including phenoxy) is 1. The summed E-state index contributed by atoms with van der Waals surface area (Å²) in [7, 11) is 1.32. The first-order valence-corrected chi connectivity index (χ1v) is 7.86. The van der Waals surface area contributed by atoms with E-state index in [1.807, 2.05) is 0 Å². The summed E-state index contributed by atoms with van der Waals surface area (Å²) in [6, 6.07) is 12.1. The molecule has 26 heavy (non-hydrogen) atoms. The van der Waals surface area contributed by atoms with Crippen LogP contribution in [0.25, 0.3) is 0 Å². The predicted molar refractivity (Wildman–Crippen MR) is 95.8 cm³/mol. The Hall–Kier alpha value is -3.26. The highest BCUT2D eigenvalue weighted by molar-refractivity contribution is 5.94. The van der Waals surface area contributed by atoms with Crippen molar-refractivity contribution in [1.29, 1.82) is 0 Å². The summed E-state index contributed by atoms with van der Waals surface area (Å²) >= 11 is 0. The predicted octanol–water partition coefficient (Wildman–Crippen LogP) is 2.50. The smallest absolute Gasteiger partial charge is 0.337 e. The Bertz CT molecular complexity index is 805. The summed E-state index contributed by atoms with van der Waals surface area (Å²) in [5.74, 6) is -0.717. The van der Waals surface area contributed by atoms with E-state index < -0.39 is 16.9 Å². The fourth-order valence-corrected chi connectivity index (χ4v) is 2.19. The van der Waals surface area contributed by atoms with Crippen LogP contribution in [0.3, 0.4) is 0 Å². The number of nitro groups is 1. The molecule has 2 aromatic rings. The summed E-state index contributed by atoms with van der Waals surface area (Å²) in [5.41, 5.74) is 1.62. The molecular formula is C18H19N3O5. The van der Waals surface area contributed by atoms with Gasteiger partial charge in [0.1, 0.15) is 0 Å². The largest absolute Gasteiger partial charge is 0.465 e. The molecule has 0 saturated carbocycles. The van der Waals surface area contributed by atoms with Crippen molar-refractivity contribution in [2.75, 3.05) is 12.4 Å². The number of hydrogen-bond donors (Lipinski definition) is 2. The van der Waals surface area contributed by atoms with E-state index in [0.717, 1.165) is 5.56 Å². The van der Waals surface area contributed by atoms with Crippen LogP contribution >= 0.6 is 0 Å². The molecule has 2 N–H and O–H groups in total. The minimum Gasteiger partial charge on any atom is -0.465 e. The van der Waals surface area contributed by atoms with Gasteiger partial charge < -0.3 is 15.4 Å². The molecule has 2 aromatic carbocycles. The molecule has 1 atom stereocenters. The zero-order chi connectivity index (χ0) is 19.1. The van der Waals surface area contributed by atoms with Crippen molar-refractivity contribution in [3.63, 3.8) is 0 Å². The lowest BCUT2D eigenvalue weighted by Crippen LogP contribution is -2.37. The number of nitro benzene ring substituents is 1. The van der Waals surface area contributed by atoms with Crippen LogP contribution in [-0.4, -0.2) is 30.0 Å². The Kier molecular flexibility index (Phi) is 6.40. The molecule has 0 aliphatic carbocycles. The van der Waals surface area contributed by atoms with Crippen LogP contribution in [0.5, 0.6) is 0 Å². The molecule has 0 fully saturated rings. The Morgan fingerprint density at radius 2 is 1.88 bits per heavy atom. The van der Waals surface area contributed by atoms with Gasteiger partial charge in [-0.15, -0.1) is 0 Å². The zero-order valence-corrected chi connectivity index (χ0v) is 14.4. The van der Waals surface area contributed by atoms with E-state index in [9.17, 15) is 19.7 Å². The average Bonchev–Trinajstić information content (AvgIpc) is 2.66. The Morgan fingerprint density at radius 3 is 2.50 bits per heavy atom. The van der Waals surface area contributed by atoms with Gasteiger partial charge in [0.2, 0.25) is 5.91 Å². The molecule has 0 heterocycles. The van der Waals surface area contributed by atoms with E-state index in [0.29, 0.717) is 17.8 Å². The van der Waals surface area contributed by atoms with E-state index in [2.05, 4.69) is 15.4 Å². The van der Waals surface area contributed by atoms with Crippen LogP contribution < -0.4 is 10.6 Å². The van der Waals surface area contributed by atoms with Crippen LogP contribution in [0.2, 0.25) is 0 Å². The third kappa shape index (κ3) is 5.12. The first kappa shape index (κ1) is 19.1. The molecule has 0 spiro atoms. The number of methoxy groups -OCH3 is 1. The minimum absolute atomic E-state index is 0.0888. The number of carbonyl (C=O) groups excluding carboxylic acids is 2. The molecule has 1 unspecified atom stereocenters. The van der Waals surface area contributed by atoms with Crippen molar-refractivity contribution in [3.8, 4) is 0 Å². The Morgan fingerprint density at radius 1 is 1.19 bits per heavy atom. The molecular weight excluding hydrogens is 338 g/mol. The number of hydrogen-bond acceptors (Lipinski definition) is 6. The van der Waals surface area contributed by atoms with Gasteiger partial charge in [0, 0.05) is 24.4 Å². The van der Waals surface area contributed by atoms with E-state index >= 15 is 0 Å². The van der Waals surface area contributed by atoms with E-state index in [1.165, 1.54) is 25.3 Å². The Labute approximate surface area is 150 Å². The number of anilines is 1. The highest BCUT2D eigenvalue weighted by Crippen LogP contribution is 2.17. The second-order valence-corrected chi connectivity index (χ2v) is 5.59. The number of carbonyl (C=O) groups is 2. The lowest BCUT2D eigenvalue weighted by atomic mass is 10.1. The number of non-ortho nitro benzene ring substituents is 1. The standard InChI is InChI=1S/C18H19N3O5/c1-12(17(22)20-15-4-3-5-16(10-15)21(24)25)19-11-13-6-8-14(9-7-13)18(23)26-2/h3-10,12,19H,11H2,1-2H3,(H,20,22). The second-order valence-electron chi connectivity index (χ2n) is 5.59. The molecule has 0 aromatic heterocycles. The Balaban J connectivity index is 1.90. The number of benzene rings is 2. The molecule has 8 heteroatoms. The molecule has 8 nitrogen and oxygen atoms in total. The SMILES string of the molecule is COC(=O)c1ccc(CNC(C)C(=O)Nc2cccc([N+](=O)[O-])c2)cc1. The molecule has 0 radical (unpaired) electrons. The first-order chi connectivity index (χ1) is 12.4. The molecule has 0 aliphatic rings. The van der Waals surface area contributed by atoms with Gasteiger partial charge in [-0.05, 0) is 30.7 Å². The first-order valence-electron chi connectivity index (χ1n) is 7.86. The lowest BCUT2D eigenvalue weighted by molar-refractivity contribution is -0.384. The van der Waals surface area contributed by atoms with Crippen LogP contribution in [-0.2, 0) is 16.1 Å². The summed E-state index contributed by atoms with van der Waals surface area (Å²) in [5, 5.41) is 16.5. The maximum atomic E-state index is 12.2. The maximum absolute atomic E-state index is 12.2. The van der Waals surface area contributed by atoms with Crippen LogP contribution in [0.4, 0.5) is 11.4 Å².